The van der Waals surface area contributed by atoms with Gasteiger partial charge in [0.25, 0.3) is 0 Å². The number of allylic oxidation sites excluding steroid dienone is 4. The zero-order valence-corrected chi connectivity index (χ0v) is 18.9. The van der Waals surface area contributed by atoms with Crippen LogP contribution < -0.4 is 5.32 Å². The van der Waals surface area contributed by atoms with Crippen LogP contribution in [0.3, 0.4) is 0 Å². The van der Waals surface area contributed by atoms with E-state index in [4.69, 9.17) is 0 Å². The molecule has 0 aliphatic carbocycles. The molecule has 33 heavy (non-hydrogen) atoms. The van der Waals surface area contributed by atoms with E-state index in [0.717, 1.165) is 12.1 Å². The van der Waals surface area contributed by atoms with Gasteiger partial charge in [0.1, 0.15) is 5.82 Å². The van der Waals surface area contributed by atoms with Gasteiger partial charge in [-0.2, -0.15) is 13.2 Å². The van der Waals surface area contributed by atoms with Crippen molar-refractivity contribution in [1.82, 2.24) is 9.88 Å². The van der Waals surface area contributed by atoms with Crippen LogP contribution in [-0.2, 0) is 12.7 Å². The van der Waals surface area contributed by atoms with Gasteiger partial charge >= 0.3 is 6.18 Å². The van der Waals surface area contributed by atoms with Crippen LogP contribution in [0.4, 0.5) is 17.6 Å². The van der Waals surface area contributed by atoms with Crippen molar-refractivity contribution in [2.24, 2.45) is 0 Å². The number of benzene rings is 2. The summed E-state index contributed by atoms with van der Waals surface area (Å²) in [7, 11) is 0. The Morgan fingerprint density at radius 3 is 2.39 bits per heavy atom. The van der Waals surface area contributed by atoms with Gasteiger partial charge in [-0.25, -0.2) is 4.39 Å². The van der Waals surface area contributed by atoms with Crippen molar-refractivity contribution in [2.45, 2.75) is 33.5 Å². The summed E-state index contributed by atoms with van der Waals surface area (Å²) in [6, 6.07) is 9.98. The number of fused-ring (bicyclic) bond motifs is 1. The molecule has 1 aliphatic rings. The van der Waals surface area contributed by atoms with E-state index in [-0.39, 0.29) is 12.4 Å². The van der Waals surface area contributed by atoms with Crippen molar-refractivity contribution in [2.75, 3.05) is 0 Å². The monoisotopic (exact) mass is 454 g/mol. The summed E-state index contributed by atoms with van der Waals surface area (Å²) in [4.78, 5) is 0. The van der Waals surface area contributed by atoms with Gasteiger partial charge in [-0.05, 0) is 42.8 Å². The summed E-state index contributed by atoms with van der Waals surface area (Å²) in [6.07, 6.45) is 0.776. The number of hydrogen-bond acceptors (Lipinski definition) is 1. The topological polar surface area (TPSA) is 17.0 Å². The number of aromatic nitrogens is 1. The quantitative estimate of drug-likeness (QED) is 0.396. The average molecular weight is 455 g/mol. The highest BCUT2D eigenvalue weighted by atomic mass is 19.4. The standard InChI is InChI=1S/C25H20F4N2.C2H6/c1-15(2)24-23(19-8-6-12-30-16(19)3)20-13-18(25(27,28)29)10-11-22(20)31(24)14-17-7-4-5-9-21(17)26;1-2/h4-13,30H,1,3,14H2,2H3;1-2H3. The molecule has 6 heteroatoms. The van der Waals surface area contributed by atoms with E-state index >= 15 is 0 Å². The Morgan fingerprint density at radius 1 is 1.09 bits per heavy atom. The minimum Gasteiger partial charge on any atom is -0.362 e. The zero-order chi connectivity index (χ0) is 24.3. The first kappa shape index (κ1) is 24.1. The number of rotatable bonds is 4. The van der Waals surface area contributed by atoms with Crippen LogP contribution in [0, 0.1) is 5.82 Å². The fourth-order valence-electron chi connectivity index (χ4n) is 3.91. The van der Waals surface area contributed by atoms with E-state index in [1.165, 1.54) is 12.1 Å². The van der Waals surface area contributed by atoms with E-state index in [1.54, 1.807) is 43.5 Å². The lowest BCUT2D eigenvalue weighted by atomic mass is 9.95. The fourth-order valence-corrected chi connectivity index (χ4v) is 3.91. The molecule has 0 saturated heterocycles. The minimum absolute atomic E-state index is 0.153. The molecule has 2 nitrogen and oxygen atoms in total. The van der Waals surface area contributed by atoms with Gasteiger partial charge in [0, 0.05) is 39.5 Å². The second-order valence-corrected chi connectivity index (χ2v) is 7.47. The number of hydrogen-bond donors (Lipinski definition) is 1. The molecule has 0 saturated carbocycles. The number of alkyl halides is 3. The molecule has 1 aromatic heterocycles. The number of nitrogens with zero attached hydrogens (tertiary/aromatic N) is 1. The van der Waals surface area contributed by atoms with E-state index in [1.807, 2.05) is 18.4 Å². The molecule has 0 radical (unpaired) electrons. The molecule has 0 amide bonds. The van der Waals surface area contributed by atoms with Crippen LogP contribution >= 0.6 is 0 Å². The van der Waals surface area contributed by atoms with Gasteiger partial charge in [-0.3, -0.25) is 0 Å². The fraction of sp³-hybridized carbons (Fsp3) is 0.185. The average Bonchev–Trinajstić information content (AvgIpc) is 3.10. The summed E-state index contributed by atoms with van der Waals surface area (Å²) in [6.45, 7) is 14.0. The van der Waals surface area contributed by atoms with Crippen LogP contribution in [0.5, 0.6) is 0 Å². The van der Waals surface area contributed by atoms with Crippen LogP contribution in [0.25, 0.3) is 22.0 Å². The summed E-state index contributed by atoms with van der Waals surface area (Å²) < 4.78 is 56.7. The lowest BCUT2D eigenvalue weighted by molar-refractivity contribution is -0.137. The third-order valence-corrected chi connectivity index (χ3v) is 5.29. The van der Waals surface area contributed by atoms with Gasteiger partial charge in [-0.15, -0.1) is 0 Å². The molecule has 2 heterocycles. The summed E-state index contributed by atoms with van der Waals surface area (Å²) >= 11 is 0. The third-order valence-electron chi connectivity index (χ3n) is 5.29. The van der Waals surface area contributed by atoms with Crippen molar-refractivity contribution in [3.8, 4) is 0 Å². The molecule has 3 aromatic rings. The van der Waals surface area contributed by atoms with E-state index in [0.29, 0.717) is 44.6 Å². The number of halogens is 4. The first-order chi connectivity index (χ1) is 15.7. The molecular weight excluding hydrogens is 428 g/mol. The van der Waals surface area contributed by atoms with Crippen molar-refractivity contribution in [3.05, 3.63) is 108 Å². The Balaban J connectivity index is 0.00000149. The Kier molecular flexibility index (Phi) is 6.96. The predicted octanol–water partition coefficient (Wildman–Crippen LogP) is 7.92. The largest absolute Gasteiger partial charge is 0.416 e. The molecule has 1 aliphatic heterocycles. The number of dihydropyridines is 1. The molecular formula is C27H26F4N2. The molecule has 1 N–H and O–H groups in total. The smallest absolute Gasteiger partial charge is 0.362 e. The molecule has 0 atom stereocenters. The van der Waals surface area contributed by atoms with E-state index < -0.39 is 11.7 Å². The molecule has 0 fully saturated rings. The van der Waals surface area contributed by atoms with Crippen LogP contribution in [-0.4, -0.2) is 4.57 Å². The summed E-state index contributed by atoms with van der Waals surface area (Å²) in [5, 5.41) is 3.42. The summed E-state index contributed by atoms with van der Waals surface area (Å²) in [5.74, 6) is -0.378. The number of nitrogens with one attached hydrogen (secondary N) is 1. The molecule has 0 unspecified atom stereocenters. The second kappa shape index (κ2) is 9.53. The highest BCUT2D eigenvalue weighted by Gasteiger charge is 2.32. The molecule has 4 rings (SSSR count). The Bertz CT molecular complexity index is 1270. The zero-order valence-electron chi connectivity index (χ0n) is 18.9. The Morgan fingerprint density at radius 2 is 1.79 bits per heavy atom. The van der Waals surface area contributed by atoms with Crippen LogP contribution in [0.2, 0.25) is 0 Å². The third kappa shape index (κ3) is 4.65. The minimum atomic E-state index is -4.49. The van der Waals surface area contributed by atoms with Gasteiger partial charge in [0.15, 0.2) is 0 Å². The first-order valence-electron chi connectivity index (χ1n) is 10.6. The Hall–Kier alpha value is -3.54. The highest BCUT2D eigenvalue weighted by Crippen LogP contribution is 2.41. The lowest BCUT2D eigenvalue weighted by Crippen LogP contribution is -2.10. The van der Waals surface area contributed by atoms with Gasteiger partial charge in [0.2, 0.25) is 0 Å². The highest BCUT2D eigenvalue weighted by molar-refractivity contribution is 6.02. The van der Waals surface area contributed by atoms with Crippen molar-refractivity contribution < 1.29 is 17.6 Å². The molecule has 0 spiro atoms. The maximum absolute atomic E-state index is 14.4. The van der Waals surface area contributed by atoms with Crippen LogP contribution in [0.1, 0.15) is 43.2 Å². The van der Waals surface area contributed by atoms with Crippen molar-refractivity contribution in [1.29, 1.82) is 0 Å². The predicted molar refractivity (Wildman–Crippen MR) is 128 cm³/mol. The molecule has 2 aromatic carbocycles. The van der Waals surface area contributed by atoms with Crippen molar-refractivity contribution >= 4 is 22.0 Å². The van der Waals surface area contributed by atoms with Gasteiger partial charge in [-0.1, -0.05) is 51.3 Å². The van der Waals surface area contributed by atoms with E-state index in [2.05, 4.69) is 18.5 Å². The maximum atomic E-state index is 14.4. The Labute approximate surface area is 191 Å². The SMILES string of the molecule is C=C1NC=CC=C1c1c(C(=C)C)n(Cc2ccccc2F)c2ccc(C(F)(F)F)cc12.CC. The normalized spacial score (nSPS) is 13.3. The van der Waals surface area contributed by atoms with Gasteiger partial charge in [0.05, 0.1) is 17.8 Å². The summed E-state index contributed by atoms with van der Waals surface area (Å²) in [5.41, 5.74) is 3.36. The molecule has 172 valence electrons. The van der Waals surface area contributed by atoms with Crippen LogP contribution in [0.15, 0.2) is 79.7 Å². The van der Waals surface area contributed by atoms with Crippen molar-refractivity contribution in [3.63, 3.8) is 0 Å². The van der Waals surface area contributed by atoms with E-state index in [9.17, 15) is 17.6 Å². The first-order valence-corrected chi connectivity index (χ1v) is 10.6. The molecule has 0 bridgehead atoms. The lowest BCUT2D eigenvalue weighted by Gasteiger charge is -2.17. The maximum Gasteiger partial charge on any atom is 0.416 e. The van der Waals surface area contributed by atoms with Gasteiger partial charge < -0.3 is 9.88 Å². The second-order valence-electron chi connectivity index (χ2n) is 7.47.